The van der Waals surface area contributed by atoms with Crippen molar-refractivity contribution in [3.05, 3.63) is 77.9 Å². The van der Waals surface area contributed by atoms with Gasteiger partial charge in [0, 0.05) is 24.1 Å². The molecule has 0 spiro atoms. The molecule has 0 aliphatic rings. The lowest BCUT2D eigenvalue weighted by Crippen LogP contribution is -2.25. The van der Waals surface area contributed by atoms with Crippen molar-refractivity contribution in [2.75, 3.05) is 6.54 Å². The fourth-order valence-corrected chi connectivity index (χ4v) is 2.17. The molecule has 4 nitrogen and oxygen atoms in total. The zero-order chi connectivity index (χ0) is 16.1. The minimum Gasteiger partial charge on any atom is -0.444 e. The van der Waals surface area contributed by atoms with Gasteiger partial charge in [0.15, 0.2) is 0 Å². The molecule has 1 amide bonds. The van der Waals surface area contributed by atoms with Gasteiger partial charge in [-0.05, 0) is 30.3 Å². The van der Waals surface area contributed by atoms with Crippen LogP contribution in [0.5, 0.6) is 0 Å². The number of hydrogen-bond acceptors (Lipinski definition) is 3. The molecule has 3 aromatic rings. The summed E-state index contributed by atoms with van der Waals surface area (Å²) in [6, 6.07) is 15.2. The summed E-state index contributed by atoms with van der Waals surface area (Å²) in [6.07, 6.45) is 2.12. The van der Waals surface area contributed by atoms with Crippen LogP contribution in [0.4, 0.5) is 4.39 Å². The summed E-state index contributed by atoms with van der Waals surface area (Å²) in [7, 11) is 0. The maximum Gasteiger partial charge on any atom is 0.251 e. The van der Waals surface area contributed by atoms with Crippen molar-refractivity contribution in [3.8, 4) is 11.5 Å². The van der Waals surface area contributed by atoms with Crippen LogP contribution in [-0.2, 0) is 6.42 Å². The third-order valence-corrected chi connectivity index (χ3v) is 3.33. The van der Waals surface area contributed by atoms with Gasteiger partial charge in [0.25, 0.3) is 5.91 Å². The Balaban J connectivity index is 1.55. The van der Waals surface area contributed by atoms with Gasteiger partial charge in [0.1, 0.15) is 12.1 Å². The van der Waals surface area contributed by atoms with E-state index in [1.807, 2.05) is 30.3 Å². The van der Waals surface area contributed by atoms with Crippen LogP contribution in [0.3, 0.4) is 0 Å². The average Bonchev–Trinajstić information content (AvgIpc) is 3.04. The van der Waals surface area contributed by atoms with E-state index in [1.54, 1.807) is 12.3 Å². The molecule has 5 heteroatoms. The normalized spacial score (nSPS) is 10.5. The van der Waals surface area contributed by atoms with Crippen LogP contribution >= 0.6 is 0 Å². The van der Waals surface area contributed by atoms with Gasteiger partial charge in [-0.3, -0.25) is 4.79 Å². The SMILES string of the molecule is O=C(NCCc1coc(-c2ccccc2)n1)c1cccc(F)c1. The summed E-state index contributed by atoms with van der Waals surface area (Å²) in [4.78, 5) is 16.3. The molecule has 1 N–H and O–H groups in total. The Morgan fingerprint density at radius 2 is 1.96 bits per heavy atom. The molecule has 0 unspecified atom stereocenters. The highest BCUT2D eigenvalue weighted by Crippen LogP contribution is 2.17. The fourth-order valence-electron chi connectivity index (χ4n) is 2.17. The summed E-state index contributed by atoms with van der Waals surface area (Å²) in [5, 5.41) is 2.74. The largest absolute Gasteiger partial charge is 0.444 e. The minimum absolute atomic E-state index is 0.301. The van der Waals surface area contributed by atoms with E-state index in [0.717, 1.165) is 11.3 Å². The Bertz CT molecular complexity index is 800. The molecule has 0 fully saturated rings. The van der Waals surface area contributed by atoms with Gasteiger partial charge in [0.2, 0.25) is 5.89 Å². The molecule has 116 valence electrons. The summed E-state index contributed by atoms with van der Waals surface area (Å²) in [6.45, 7) is 0.399. The quantitative estimate of drug-likeness (QED) is 0.785. The second-order valence-corrected chi connectivity index (χ2v) is 5.03. The first-order valence-corrected chi connectivity index (χ1v) is 7.26. The van der Waals surface area contributed by atoms with Crippen LogP contribution in [-0.4, -0.2) is 17.4 Å². The molecule has 1 aromatic heterocycles. The molecule has 0 aliphatic heterocycles. The standard InChI is InChI=1S/C18H15FN2O2/c19-15-8-4-7-14(11-15)17(22)20-10-9-16-12-23-18(21-16)13-5-2-1-3-6-13/h1-8,11-12H,9-10H2,(H,20,22). The Kier molecular flexibility index (Phi) is 4.47. The van der Waals surface area contributed by atoms with E-state index >= 15 is 0 Å². The monoisotopic (exact) mass is 310 g/mol. The molecule has 23 heavy (non-hydrogen) atoms. The number of rotatable bonds is 5. The van der Waals surface area contributed by atoms with Crippen molar-refractivity contribution >= 4 is 5.91 Å². The van der Waals surface area contributed by atoms with Crippen molar-refractivity contribution in [3.63, 3.8) is 0 Å². The van der Waals surface area contributed by atoms with Gasteiger partial charge in [-0.1, -0.05) is 24.3 Å². The van der Waals surface area contributed by atoms with E-state index in [0.29, 0.717) is 24.4 Å². The molecular weight excluding hydrogens is 295 g/mol. The highest BCUT2D eigenvalue weighted by atomic mass is 19.1. The summed E-state index contributed by atoms with van der Waals surface area (Å²) >= 11 is 0. The summed E-state index contributed by atoms with van der Waals surface area (Å²) in [5.74, 6) is -0.185. The number of nitrogens with zero attached hydrogens (tertiary/aromatic N) is 1. The number of carbonyl (C=O) groups is 1. The zero-order valence-electron chi connectivity index (χ0n) is 12.3. The van der Waals surface area contributed by atoms with Gasteiger partial charge in [-0.15, -0.1) is 0 Å². The Hall–Kier alpha value is -2.95. The summed E-state index contributed by atoms with van der Waals surface area (Å²) in [5.41, 5.74) is 1.96. The van der Waals surface area contributed by atoms with E-state index in [1.165, 1.54) is 18.2 Å². The lowest BCUT2D eigenvalue weighted by atomic mass is 10.2. The number of oxazole rings is 1. The smallest absolute Gasteiger partial charge is 0.251 e. The molecular formula is C18H15FN2O2. The minimum atomic E-state index is -0.429. The van der Waals surface area contributed by atoms with Gasteiger partial charge in [-0.2, -0.15) is 0 Å². The molecule has 0 aliphatic carbocycles. The number of carbonyl (C=O) groups excluding carboxylic acids is 1. The molecule has 1 heterocycles. The van der Waals surface area contributed by atoms with Gasteiger partial charge >= 0.3 is 0 Å². The molecule has 0 saturated heterocycles. The topological polar surface area (TPSA) is 55.1 Å². The van der Waals surface area contributed by atoms with Crippen LogP contribution in [0.1, 0.15) is 16.1 Å². The van der Waals surface area contributed by atoms with Crippen molar-refractivity contribution < 1.29 is 13.6 Å². The van der Waals surface area contributed by atoms with Crippen molar-refractivity contribution in [2.45, 2.75) is 6.42 Å². The van der Waals surface area contributed by atoms with Crippen LogP contribution in [0, 0.1) is 5.82 Å². The third-order valence-electron chi connectivity index (χ3n) is 3.33. The Morgan fingerprint density at radius 3 is 2.74 bits per heavy atom. The second-order valence-electron chi connectivity index (χ2n) is 5.03. The van der Waals surface area contributed by atoms with Gasteiger partial charge in [0.05, 0.1) is 5.69 Å². The molecule has 0 radical (unpaired) electrons. The number of hydrogen-bond donors (Lipinski definition) is 1. The Morgan fingerprint density at radius 1 is 1.13 bits per heavy atom. The zero-order valence-corrected chi connectivity index (χ0v) is 12.3. The predicted molar refractivity (Wildman–Crippen MR) is 84.4 cm³/mol. The molecule has 0 bridgehead atoms. The predicted octanol–water partition coefficient (Wildman–Crippen LogP) is 3.45. The van der Waals surface area contributed by atoms with Gasteiger partial charge < -0.3 is 9.73 Å². The van der Waals surface area contributed by atoms with E-state index in [9.17, 15) is 9.18 Å². The van der Waals surface area contributed by atoms with E-state index in [2.05, 4.69) is 10.3 Å². The molecule has 2 aromatic carbocycles. The number of nitrogens with one attached hydrogen (secondary N) is 1. The first-order valence-electron chi connectivity index (χ1n) is 7.26. The summed E-state index contributed by atoms with van der Waals surface area (Å²) < 4.78 is 18.5. The van der Waals surface area contributed by atoms with E-state index in [4.69, 9.17) is 4.42 Å². The number of aromatic nitrogens is 1. The molecule has 0 saturated carbocycles. The average molecular weight is 310 g/mol. The fraction of sp³-hybridized carbons (Fsp3) is 0.111. The first kappa shape index (κ1) is 15.0. The molecule has 0 atom stereocenters. The lowest BCUT2D eigenvalue weighted by Gasteiger charge is -2.03. The van der Waals surface area contributed by atoms with Crippen LogP contribution in [0.25, 0.3) is 11.5 Å². The number of halogens is 1. The van der Waals surface area contributed by atoms with Crippen LogP contribution in [0.2, 0.25) is 0 Å². The second kappa shape index (κ2) is 6.87. The third kappa shape index (κ3) is 3.83. The lowest BCUT2D eigenvalue weighted by molar-refractivity contribution is 0.0953. The van der Waals surface area contributed by atoms with Crippen LogP contribution in [0.15, 0.2) is 65.3 Å². The highest BCUT2D eigenvalue weighted by Gasteiger charge is 2.08. The number of benzene rings is 2. The van der Waals surface area contributed by atoms with Crippen molar-refractivity contribution in [1.29, 1.82) is 0 Å². The first-order chi connectivity index (χ1) is 11.2. The highest BCUT2D eigenvalue weighted by molar-refractivity contribution is 5.94. The molecule has 3 rings (SSSR count). The van der Waals surface area contributed by atoms with Crippen molar-refractivity contribution in [2.24, 2.45) is 0 Å². The van der Waals surface area contributed by atoms with Gasteiger partial charge in [-0.25, -0.2) is 9.37 Å². The van der Waals surface area contributed by atoms with E-state index in [-0.39, 0.29) is 5.91 Å². The van der Waals surface area contributed by atoms with Crippen molar-refractivity contribution in [1.82, 2.24) is 10.3 Å². The number of amides is 1. The van der Waals surface area contributed by atoms with E-state index < -0.39 is 5.82 Å². The maximum atomic E-state index is 13.1. The van der Waals surface area contributed by atoms with Crippen LogP contribution < -0.4 is 5.32 Å². The maximum absolute atomic E-state index is 13.1. The Labute approximate surface area is 133 Å².